The number of amides is 1. The fraction of sp³-hybridized carbons (Fsp3) is 0.263. The Kier molecular flexibility index (Phi) is 3.78. The van der Waals surface area contributed by atoms with E-state index < -0.39 is 0 Å². The van der Waals surface area contributed by atoms with Crippen LogP contribution in [0.2, 0.25) is 0 Å². The highest BCUT2D eigenvalue weighted by Crippen LogP contribution is 2.22. The summed E-state index contributed by atoms with van der Waals surface area (Å²) in [5.74, 6) is -0.00377. The molecular weight excluding hydrogens is 300 g/mol. The van der Waals surface area contributed by atoms with E-state index in [0.29, 0.717) is 6.54 Å². The average molecular weight is 320 g/mol. The number of imidazole rings is 1. The highest BCUT2D eigenvalue weighted by Gasteiger charge is 2.25. The Balaban J connectivity index is 1.49. The molecule has 24 heavy (non-hydrogen) atoms. The molecule has 1 aliphatic heterocycles. The predicted octanol–water partition coefficient (Wildman–Crippen LogP) is 2.15. The van der Waals surface area contributed by atoms with Crippen molar-refractivity contribution in [3.63, 3.8) is 0 Å². The van der Waals surface area contributed by atoms with E-state index in [1.54, 1.807) is 0 Å². The third-order valence-corrected chi connectivity index (χ3v) is 4.56. The van der Waals surface area contributed by atoms with Crippen LogP contribution in [0.15, 0.2) is 48.7 Å². The van der Waals surface area contributed by atoms with Crippen LogP contribution in [0.3, 0.4) is 0 Å². The first-order valence-electron chi connectivity index (χ1n) is 8.25. The van der Waals surface area contributed by atoms with E-state index in [1.165, 1.54) is 5.56 Å². The molecular formula is C19H20N4O. The van der Waals surface area contributed by atoms with Gasteiger partial charge in [-0.25, -0.2) is 4.98 Å². The van der Waals surface area contributed by atoms with Crippen molar-refractivity contribution in [2.45, 2.75) is 25.9 Å². The molecule has 3 heterocycles. The van der Waals surface area contributed by atoms with Gasteiger partial charge in [-0.2, -0.15) is 0 Å². The minimum atomic E-state index is -0.284. The van der Waals surface area contributed by atoms with Gasteiger partial charge in [0.2, 0.25) is 5.91 Å². The summed E-state index contributed by atoms with van der Waals surface area (Å²) in [6.45, 7) is 3.29. The van der Waals surface area contributed by atoms with E-state index in [-0.39, 0.29) is 11.9 Å². The Labute approximate surface area is 140 Å². The number of fused-ring (bicyclic) bond motifs is 2. The Morgan fingerprint density at radius 2 is 2.17 bits per heavy atom. The summed E-state index contributed by atoms with van der Waals surface area (Å²) >= 11 is 0. The molecule has 1 aliphatic rings. The van der Waals surface area contributed by atoms with E-state index >= 15 is 0 Å². The Morgan fingerprint density at radius 1 is 1.29 bits per heavy atom. The smallest absolute Gasteiger partial charge is 0.242 e. The van der Waals surface area contributed by atoms with E-state index in [0.717, 1.165) is 35.6 Å². The molecule has 0 fully saturated rings. The number of benzene rings is 1. The predicted molar refractivity (Wildman–Crippen MR) is 92.7 cm³/mol. The molecule has 2 aromatic heterocycles. The van der Waals surface area contributed by atoms with Crippen LogP contribution in [0.25, 0.3) is 5.65 Å². The Morgan fingerprint density at radius 3 is 3.04 bits per heavy atom. The summed E-state index contributed by atoms with van der Waals surface area (Å²) in [6.07, 6.45) is 2.94. The van der Waals surface area contributed by atoms with Crippen molar-refractivity contribution in [2.75, 3.05) is 6.54 Å². The molecule has 5 nitrogen and oxygen atoms in total. The van der Waals surface area contributed by atoms with Gasteiger partial charge in [0, 0.05) is 18.4 Å². The van der Waals surface area contributed by atoms with Gasteiger partial charge in [-0.05, 0) is 36.6 Å². The van der Waals surface area contributed by atoms with Crippen molar-refractivity contribution in [2.24, 2.45) is 0 Å². The number of nitrogens with one attached hydrogen (secondary N) is 2. The van der Waals surface area contributed by atoms with Gasteiger partial charge >= 0.3 is 0 Å². The van der Waals surface area contributed by atoms with Gasteiger partial charge in [0.05, 0.1) is 12.2 Å². The van der Waals surface area contributed by atoms with E-state index in [9.17, 15) is 4.79 Å². The zero-order valence-corrected chi connectivity index (χ0v) is 13.6. The van der Waals surface area contributed by atoms with Gasteiger partial charge in [-0.1, -0.05) is 30.3 Å². The van der Waals surface area contributed by atoms with Gasteiger partial charge in [0.25, 0.3) is 0 Å². The van der Waals surface area contributed by atoms with Crippen LogP contribution in [-0.4, -0.2) is 21.8 Å². The minimum absolute atomic E-state index is 0.00377. The first-order chi connectivity index (χ1) is 11.7. The molecule has 0 saturated heterocycles. The maximum absolute atomic E-state index is 12.6. The number of carbonyl (C=O) groups excluding carboxylic acids is 1. The molecule has 0 spiro atoms. The quantitative estimate of drug-likeness (QED) is 0.777. The fourth-order valence-corrected chi connectivity index (χ4v) is 3.30. The van der Waals surface area contributed by atoms with Crippen LogP contribution < -0.4 is 10.6 Å². The highest BCUT2D eigenvalue weighted by atomic mass is 16.2. The number of nitrogens with zero attached hydrogens (tertiary/aromatic N) is 2. The SMILES string of the molecule is Cc1cccc2nc(CNC(=O)C3NCCc4ccccc43)cn12. The topological polar surface area (TPSA) is 58.4 Å². The van der Waals surface area contributed by atoms with Crippen molar-refractivity contribution < 1.29 is 4.79 Å². The summed E-state index contributed by atoms with van der Waals surface area (Å²) in [7, 11) is 0. The summed E-state index contributed by atoms with van der Waals surface area (Å²) < 4.78 is 2.04. The van der Waals surface area contributed by atoms with Crippen LogP contribution in [0.5, 0.6) is 0 Å². The second kappa shape index (κ2) is 6.09. The summed E-state index contributed by atoms with van der Waals surface area (Å²) in [5, 5.41) is 6.32. The molecule has 3 aromatic rings. The third-order valence-electron chi connectivity index (χ3n) is 4.56. The molecule has 0 saturated carbocycles. The zero-order valence-electron chi connectivity index (χ0n) is 13.6. The third kappa shape index (κ3) is 2.67. The van der Waals surface area contributed by atoms with E-state index in [4.69, 9.17) is 0 Å². The summed E-state index contributed by atoms with van der Waals surface area (Å²) in [5.41, 5.74) is 5.22. The molecule has 1 unspecified atom stereocenters. The number of rotatable bonds is 3. The van der Waals surface area contributed by atoms with Crippen LogP contribution in [0.4, 0.5) is 0 Å². The minimum Gasteiger partial charge on any atom is -0.349 e. The highest BCUT2D eigenvalue weighted by molar-refractivity contribution is 5.83. The second-order valence-corrected chi connectivity index (χ2v) is 6.18. The van der Waals surface area contributed by atoms with Crippen molar-refractivity contribution in [3.05, 3.63) is 71.2 Å². The molecule has 5 heteroatoms. The lowest BCUT2D eigenvalue weighted by Gasteiger charge is -2.25. The van der Waals surface area contributed by atoms with Crippen molar-refractivity contribution in [3.8, 4) is 0 Å². The molecule has 122 valence electrons. The molecule has 1 aromatic carbocycles. The molecule has 4 rings (SSSR count). The number of pyridine rings is 1. The summed E-state index contributed by atoms with van der Waals surface area (Å²) in [4.78, 5) is 17.2. The first-order valence-corrected chi connectivity index (χ1v) is 8.25. The zero-order chi connectivity index (χ0) is 16.5. The van der Waals surface area contributed by atoms with Crippen molar-refractivity contribution in [1.82, 2.24) is 20.0 Å². The lowest BCUT2D eigenvalue weighted by Crippen LogP contribution is -2.41. The van der Waals surface area contributed by atoms with Crippen LogP contribution >= 0.6 is 0 Å². The second-order valence-electron chi connectivity index (χ2n) is 6.18. The van der Waals surface area contributed by atoms with Gasteiger partial charge in [0.15, 0.2) is 0 Å². The van der Waals surface area contributed by atoms with Crippen LogP contribution in [-0.2, 0) is 17.8 Å². The van der Waals surface area contributed by atoms with Gasteiger partial charge in [0.1, 0.15) is 11.7 Å². The first kappa shape index (κ1) is 14.9. The van der Waals surface area contributed by atoms with E-state index in [2.05, 4.69) is 21.7 Å². The van der Waals surface area contributed by atoms with Crippen LogP contribution in [0, 0.1) is 6.92 Å². The normalized spacial score (nSPS) is 16.8. The van der Waals surface area contributed by atoms with Crippen LogP contribution in [0.1, 0.15) is 28.6 Å². The summed E-state index contributed by atoms with van der Waals surface area (Å²) in [6, 6.07) is 13.9. The monoisotopic (exact) mass is 320 g/mol. The van der Waals surface area contributed by atoms with E-state index in [1.807, 2.05) is 53.9 Å². The number of hydrogen-bond acceptors (Lipinski definition) is 3. The standard InChI is InChI=1S/C19H20N4O/c1-13-5-4-8-17-22-15(12-23(13)17)11-21-19(24)18-16-7-3-2-6-14(16)9-10-20-18/h2-8,12,18,20H,9-11H2,1H3,(H,21,24). The van der Waals surface area contributed by atoms with Gasteiger partial charge < -0.3 is 15.0 Å². The Hall–Kier alpha value is -2.66. The fourth-order valence-electron chi connectivity index (χ4n) is 3.30. The number of carbonyl (C=O) groups is 1. The molecule has 0 radical (unpaired) electrons. The number of aryl methyl sites for hydroxylation is 1. The van der Waals surface area contributed by atoms with Crippen molar-refractivity contribution in [1.29, 1.82) is 0 Å². The lowest BCUT2D eigenvalue weighted by molar-refractivity contribution is -0.123. The maximum atomic E-state index is 12.6. The van der Waals surface area contributed by atoms with Gasteiger partial charge in [-0.3, -0.25) is 4.79 Å². The average Bonchev–Trinajstić information content (AvgIpc) is 3.04. The molecule has 2 N–H and O–H groups in total. The molecule has 1 atom stereocenters. The molecule has 0 bridgehead atoms. The Bertz CT molecular complexity index is 899. The maximum Gasteiger partial charge on any atom is 0.242 e. The number of aromatic nitrogens is 2. The largest absolute Gasteiger partial charge is 0.349 e. The van der Waals surface area contributed by atoms with Crippen molar-refractivity contribution >= 4 is 11.6 Å². The molecule has 0 aliphatic carbocycles. The molecule has 1 amide bonds. The number of hydrogen-bond donors (Lipinski definition) is 2. The van der Waals surface area contributed by atoms with Gasteiger partial charge in [-0.15, -0.1) is 0 Å². The lowest BCUT2D eigenvalue weighted by atomic mass is 9.94.